The number of nitrogens with zero attached hydrogens (tertiary/aromatic N) is 1. The van der Waals surface area contributed by atoms with Crippen LogP contribution in [0.3, 0.4) is 0 Å². The number of benzene rings is 1. The van der Waals surface area contributed by atoms with E-state index in [2.05, 4.69) is 10.3 Å². The second-order valence-corrected chi connectivity index (χ2v) is 4.07. The highest BCUT2D eigenvalue weighted by atomic mass is 19.1. The van der Waals surface area contributed by atoms with Crippen LogP contribution in [0.4, 0.5) is 10.1 Å². The van der Waals surface area contributed by atoms with Crippen LogP contribution in [0.15, 0.2) is 48.8 Å². The molecule has 102 valence electrons. The van der Waals surface area contributed by atoms with Crippen LogP contribution in [0.5, 0.6) is 0 Å². The molecule has 0 saturated heterocycles. The zero-order chi connectivity index (χ0) is 14.4. The Morgan fingerprint density at radius 2 is 2.25 bits per heavy atom. The Kier molecular flexibility index (Phi) is 4.57. The Labute approximate surface area is 115 Å². The molecule has 0 aliphatic heterocycles. The topological polar surface area (TPSA) is 62.2 Å². The molecule has 0 unspecified atom stereocenters. The molecule has 20 heavy (non-hydrogen) atoms. The Hall–Kier alpha value is -2.53. The van der Waals surface area contributed by atoms with Gasteiger partial charge in [-0.3, -0.25) is 9.78 Å². The number of aromatic nitrogens is 1. The van der Waals surface area contributed by atoms with E-state index in [1.807, 2.05) is 0 Å². The molecule has 0 aliphatic rings. The predicted octanol–water partition coefficient (Wildman–Crippen LogP) is 2.36. The number of aliphatic hydroxyl groups is 1. The van der Waals surface area contributed by atoms with E-state index in [1.165, 1.54) is 36.7 Å². The Balaban J connectivity index is 2.06. The number of nitrogens with one attached hydrogen (secondary N) is 1. The third-order valence-electron chi connectivity index (χ3n) is 2.62. The van der Waals surface area contributed by atoms with Crippen molar-refractivity contribution < 1.29 is 14.3 Å². The van der Waals surface area contributed by atoms with Crippen molar-refractivity contribution in [2.24, 2.45) is 0 Å². The minimum atomic E-state index is -0.378. The van der Waals surface area contributed by atoms with Crippen molar-refractivity contribution >= 4 is 17.7 Å². The lowest BCUT2D eigenvalue weighted by Crippen LogP contribution is -2.10. The number of rotatable bonds is 4. The molecule has 2 aromatic rings. The van der Waals surface area contributed by atoms with E-state index in [1.54, 1.807) is 18.2 Å². The molecular formula is C15H13FN2O2. The normalized spacial score (nSPS) is 10.7. The molecule has 1 amide bonds. The zero-order valence-corrected chi connectivity index (χ0v) is 10.6. The summed E-state index contributed by atoms with van der Waals surface area (Å²) in [4.78, 5) is 15.6. The molecule has 1 aromatic heterocycles. The van der Waals surface area contributed by atoms with Crippen molar-refractivity contribution in [3.8, 4) is 0 Å². The fourth-order valence-corrected chi connectivity index (χ4v) is 1.63. The van der Waals surface area contributed by atoms with E-state index in [9.17, 15) is 9.18 Å². The van der Waals surface area contributed by atoms with Crippen LogP contribution < -0.4 is 5.32 Å². The molecule has 0 saturated carbocycles. The lowest BCUT2D eigenvalue weighted by Gasteiger charge is -2.06. The molecule has 2 N–H and O–H groups in total. The Morgan fingerprint density at radius 3 is 3.00 bits per heavy atom. The van der Waals surface area contributed by atoms with Gasteiger partial charge in [0.2, 0.25) is 5.91 Å². The van der Waals surface area contributed by atoms with Gasteiger partial charge in [0.05, 0.1) is 18.5 Å². The lowest BCUT2D eigenvalue weighted by atomic mass is 10.2. The Bertz CT molecular complexity index is 641. The van der Waals surface area contributed by atoms with Gasteiger partial charge < -0.3 is 10.4 Å². The first-order chi connectivity index (χ1) is 9.69. The highest BCUT2D eigenvalue weighted by Crippen LogP contribution is 2.13. The van der Waals surface area contributed by atoms with Crippen LogP contribution in [-0.4, -0.2) is 16.0 Å². The summed E-state index contributed by atoms with van der Waals surface area (Å²) in [5.41, 5.74) is 1.62. The van der Waals surface area contributed by atoms with Crippen LogP contribution in [0.25, 0.3) is 6.08 Å². The smallest absolute Gasteiger partial charge is 0.248 e. The van der Waals surface area contributed by atoms with E-state index < -0.39 is 0 Å². The molecule has 1 heterocycles. The molecule has 0 atom stereocenters. The van der Waals surface area contributed by atoms with Crippen molar-refractivity contribution in [1.29, 1.82) is 0 Å². The van der Waals surface area contributed by atoms with Crippen molar-refractivity contribution in [3.63, 3.8) is 0 Å². The maximum Gasteiger partial charge on any atom is 0.248 e. The van der Waals surface area contributed by atoms with Crippen LogP contribution in [0.2, 0.25) is 0 Å². The molecule has 0 bridgehead atoms. The van der Waals surface area contributed by atoms with Crippen LogP contribution in [0.1, 0.15) is 11.1 Å². The van der Waals surface area contributed by atoms with Gasteiger partial charge in [0.25, 0.3) is 0 Å². The summed E-state index contributed by atoms with van der Waals surface area (Å²) >= 11 is 0. The monoisotopic (exact) mass is 272 g/mol. The summed E-state index contributed by atoms with van der Waals surface area (Å²) in [6, 6.07) is 7.54. The molecule has 0 fully saturated rings. The van der Waals surface area contributed by atoms with E-state index in [0.717, 1.165) is 0 Å². The number of anilines is 1. The molecule has 0 aliphatic carbocycles. The molecule has 0 spiro atoms. The summed E-state index contributed by atoms with van der Waals surface area (Å²) in [6.45, 7) is -0.189. The lowest BCUT2D eigenvalue weighted by molar-refractivity contribution is -0.111. The molecule has 1 aromatic carbocycles. The van der Waals surface area contributed by atoms with Gasteiger partial charge in [0, 0.05) is 17.8 Å². The number of amides is 1. The molecule has 0 radical (unpaired) electrons. The second-order valence-electron chi connectivity index (χ2n) is 4.07. The van der Waals surface area contributed by atoms with Crippen molar-refractivity contribution in [2.45, 2.75) is 6.61 Å². The summed E-state index contributed by atoms with van der Waals surface area (Å²) in [6.07, 6.45) is 5.79. The summed E-state index contributed by atoms with van der Waals surface area (Å²) in [7, 11) is 0. The van der Waals surface area contributed by atoms with E-state index in [0.29, 0.717) is 16.8 Å². The van der Waals surface area contributed by atoms with Gasteiger partial charge in [-0.15, -0.1) is 0 Å². The van der Waals surface area contributed by atoms with Gasteiger partial charge in [-0.1, -0.05) is 12.1 Å². The zero-order valence-electron chi connectivity index (χ0n) is 10.6. The highest BCUT2D eigenvalue weighted by molar-refractivity contribution is 6.02. The van der Waals surface area contributed by atoms with E-state index in [4.69, 9.17) is 5.11 Å². The first-order valence-corrected chi connectivity index (χ1v) is 5.97. The van der Waals surface area contributed by atoms with Crippen molar-refractivity contribution in [3.05, 3.63) is 65.7 Å². The van der Waals surface area contributed by atoms with Gasteiger partial charge in [-0.25, -0.2) is 4.39 Å². The van der Waals surface area contributed by atoms with Gasteiger partial charge in [-0.2, -0.15) is 0 Å². The largest absolute Gasteiger partial charge is 0.392 e. The molecule has 4 nitrogen and oxygen atoms in total. The number of aliphatic hydroxyl groups excluding tert-OH is 1. The SMILES string of the molecule is O=C(/C=C/c1cccc(F)c1)Nc1cnccc1CO. The average molecular weight is 272 g/mol. The van der Waals surface area contributed by atoms with Gasteiger partial charge in [0.15, 0.2) is 0 Å². The minimum Gasteiger partial charge on any atom is -0.392 e. The number of carbonyl (C=O) groups is 1. The number of hydrogen-bond donors (Lipinski definition) is 2. The predicted molar refractivity (Wildman–Crippen MR) is 74.2 cm³/mol. The molecule has 5 heteroatoms. The fraction of sp³-hybridized carbons (Fsp3) is 0.0667. The van der Waals surface area contributed by atoms with Crippen LogP contribution >= 0.6 is 0 Å². The number of carbonyl (C=O) groups excluding carboxylic acids is 1. The standard InChI is InChI=1S/C15H13FN2O2/c16-13-3-1-2-11(8-13)4-5-15(20)18-14-9-17-7-6-12(14)10-19/h1-9,19H,10H2,(H,18,20)/b5-4+. The van der Waals surface area contributed by atoms with Crippen LogP contribution in [0, 0.1) is 5.82 Å². The minimum absolute atomic E-state index is 0.189. The third kappa shape index (κ3) is 3.73. The quantitative estimate of drug-likeness (QED) is 0.840. The van der Waals surface area contributed by atoms with Gasteiger partial charge in [0.1, 0.15) is 5.82 Å². The van der Waals surface area contributed by atoms with Gasteiger partial charge >= 0.3 is 0 Å². The summed E-state index contributed by atoms with van der Waals surface area (Å²) in [5.74, 6) is -0.737. The number of pyridine rings is 1. The number of hydrogen-bond acceptors (Lipinski definition) is 3. The third-order valence-corrected chi connectivity index (χ3v) is 2.62. The van der Waals surface area contributed by atoms with Crippen molar-refractivity contribution in [1.82, 2.24) is 4.98 Å². The first-order valence-electron chi connectivity index (χ1n) is 5.97. The summed E-state index contributed by atoms with van der Waals surface area (Å²) < 4.78 is 13.0. The maximum absolute atomic E-state index is 13.0. The highest BCUT2D eigenvalue weighted by Gasteiger charge is 2.03. The van der Waals surface area contributed by atoms with Gasteiger partial charge in [-0.05, 0) is 29.8 Å². The maximum atomic E-state index is 13.0. The van der Waals surface area contributed by atoms with Crippen LogP contribution in [-0.2, 0) is 11.4 Å². The molecule has 2 rings (SSSR count). The molecular weight excluding hydrogens is 259 g/mol. The number of halogens is 1. The van der Waals surface area contributed by atoms with Crippen molar-refractivity contribution in [2.75, 3.05) is 5.32 Å². The van der Waals surface area contributed by atoms with E-state index >= 15 is 0 Å². The first kappa shape index (κ1) is 13.9. The fourth-order valence-electron chi connectivity index (χ4n) is 1.63. The Morgan fingerprint density at radius 1 is 1.40 bits per heavy atom. The second kappa shape index (κ2) is 6.58. The van der Waals surface area contributed by atoms with E-state index in [-0.39, 0.29) is 18.3 Å². The summed E-state index contributed by atoms with van der Waals surface area (Å²) in [5, 5.41) is 11.7. The average Bonchev–Trinajstić information content (AvgIpc) is 2.46.